The number of carbonyl (C=O) groups is 1. The van der Waals surface area contributed by atoms with E-state index in [1.807, 2.05) is 55.5 Å². The zero-order valence-electron chi connectivity index (χ0n) is 12.3. The second-order valence-corrected chi connectivity index (χ2v) is 4.68. The number of amides is 1. The molecule has 106 valence electrons. The summed E-state index contributed by atoms with van der Waals surface area (Å²) >= 11 is 0. The maximum atomic E-state index is 12.6. The van der Waals surface area contributed by atoms with E-state index in [1.165, 1.54) is 0 Å². The van der Waals surface area contributed by atoms with Gasteiger partial charge in [-0.2, -0.15) is 0 Å². The van der Waals surface area contributed by atoms with Gasteiger partial charge in [0.05, 0.1) is 6.54 Å². The smallest absolute Gasteiger partial charge is 0.258 e. The molecule has 0 heterocycles. The van der Waals surface area contributed by atoms with Gasteiger partial charge in [0, 0.05) is 23.9 Å². The largest absolute Gasteiger partial charge is 0.320 e. The van der Waals surface area contributed by atoms with Crippen LogP contribution in [0.3, 0.4) is 0 Å². The van der Waals surface area contributed by atoms with Gasteiger partial charge in [-0.15, -0.1) is 0 Å². The van der Waals surface area contributed by atoms with Gasteiger partial charge in [-0.25, -0.2) is 0 Å². The zero-order valence-corrected chi connectivity index (χ0v) is 12.3. The number of nitrogens with zero attached hydrogens (tertiary/aromatic N) is 1. The molecule has 0 saturated heterocycles. The highest BCUT2D eigenvalue weighted by Gasteiger charge is 2.16. The summed E-state index contributed by atoms with van der Waals surface area (Å²) in [4.78, 5) is 14.3. The van der Waals surface area contributed by atoms with Crippen LogP contribution in [0, 0.1) is 18.8 Å². The highest BCUT2D eigenvalue weighted by Crippen LogP contribution is 2.19. The minimum absolute atomic E-state index is 0.0462. The quantitative estimate of drug-likeness (QED) is 0.858. The molecule has 0 unspecified atom stereocenters. The van der Waals surface area contributed by atoms with Crippen LogP contribution in [0.5, 0.6) is 0 Å². The Labute approximate surface area is 125 Å². The van der Waals surface area contributed by atoms with E-state index in [0.29, 0.717) is 12.1 Å². The Hall–Kier alpha value is -2.57. The number of hydrogen-bond donors (Lipinski definition) is 1. The van der Waals surface area contributed by atoms with E-state index in [1.54, 1.807) is 11.9 Å². The Morgan fingerprint density at radius 3 is 2.52 bits per heavy atom. The molecule has 2 aromatic carbocycles. The molecule has 0 spiro atoms. The third kappa shape index (κ3) is 3.31. The van der Waals surface area contributed by atoms with Gasteiger partial charge in [0.1, 0.15) is 0 Å². The maximum Gasteiger partial charge on any atom is 0.258 e. The highest BCUT2D eigenvalue weighted by atomic mass is 16.2. The summed E-state index contributed by atoms with van der Waals surface area (Å²) < 4.78 is 0. The molecule has 0 aliphatic rings. The SMILES string of the molecule is Cc1c(C#CCN)cccc1C(=O)N(C)c1ccccc1. The van der Waals surface area contributed by atoms with E-state index in [9.17, 15) is 4.79 Å². The molecule has 0 saturated carbocycles. The summed E-state index contributed by atoms with van der Waals surface area (Å²) in [5, 5.41) is 0. The van der Waals surface area contributed by atoms with Crippen LogP contribution in [0.2, 0.25) is 0 Å². The molecular formula is C18H18N2O. The number of rotatable bonds is 2. The first kappa shape index (κ1) is 14.8. The fourth-order valence-corrected chi connectivity index (χ4v) is 2.10. The lowest BCUT2D eigenvalue weighted by Crippen LogP contribution is -2.27. The molecule has 1 amide bonds. The van der Waals surface area contributed by atoms with Gasteiger partial charge in [0.25, 0.3) is 5.91 Å². The van der Waals surface area contributed by atoms with Crippen molar-refractivity contribution in [3.8, 4) is 11.8 Å². The Kier molecular flexibility index (Phi) is 4.76. The van der Waals surface area contributed by atoms with Crippen LogP contribution >= 0.6 is 0 Å². The van der Waals surface area contributed by atoms with Crippen molar-refractivity contribution < 1.29 is 4.79 Å². The lowest BCUT2D eigenvalue weighted by molar-refractivity contribution is 0.0992. The molecule has 0 bridgehead atoms. The van der Waals surface area contributed by atoms with Crippen LogP contribution in [-0.2, 0) is 0 Å². The fraction of sp³-hybridized carbons (Fsp3) is 0.167. The maximum absolute atomic E-state index is 12.6. The van der Waals surface area contributed by atoms with Gasteiger partial charge in [-0.05, 0) is 36.8 Å². The number of carbonyl (C=O) groups excluding carboxylic acids is 1. The molecule has 0 fully saturated rings. The Bertz CT molecular complexity index is 696. The zero-order chi connectivity index (χ0) is 15.2. The van der Waals surface area contributed by atoms with Gasteiger partial charge in [-0.3, -0.25) is 4.79 Å². The Morgan fingerprint density at radius 2 is 1.86 bits per heavy atom. The van der Waals surface area contributed by atoms with Crippen molar-refractivity contribution in [2.24, 2.45) is 5.73 Å². The van der Waals surface area contributed by atoms with Crippen LogP contribution in [-0.4, -0.2) is 19.5 Å². The minimum Gasteiger partial charge on any atom is -0.320 e. The first-order chi connectivity index (χ1) is 10.1. The first-order valence-corrected chi connectivity index (χ1v) is 6.77. The van der Waals surface area contributed by atoms with Crippen LogP contribution in [0.4, 0.5) is 5.69 Å². The van der Waals surface area contributed by atoms with E-state index < -0.39 is 0 Å². The second-order valence-electron chi connectivity index (χ2n) is 4.68. The molecule has 21 heavy (non-hydrogen) atoms. The normalized spacial score (nSPS) is 9.67. The number of anilines is 1. The van der Waals surface area contributed by atoms with Crippen molar-refractivity contribution >= 4 is 11.6 Å². The predicted molar refractivity (Wildman–Crippen MR) is 86.3 cm³/mol. The minimum atomic E-state index is -0.0462. The predicted octanol–water partition coefficient (Wildman–Crippen LogP) is 2.58. The summed E-state index contributed by atoms with van der Waals surface area (Å²) in [6, 6.07) is 15.1. The lowest BCUT2D eigenvalue weighted by atomic mass is 10.0. The van der Waals surface area contributed by atoms with Crippen molar-refractivity contribution in [2.75, 3.05) is 18.5 Å². The molecule has 3 nitrogen and oxygen atoms in total. The molecular weight excluding hydrogens is 260 g/mol. The van der Waals surface area contributed by atoms with Crippen molar-refractivity contribution in [2.45, 2.75) is 6.92 Å². The monoisotopic (exact) mass is 278 g/mol. The average Bonchev–Trinajstić information content (AvgIpc) is 2.53. The average molecular weight is 278 g/mol. The topological polar surface area (TPSA) is 46.3 Å². The summed E-state index contributed by atoms with van der Waals surface area (Å²) in [5.41, 5.74) is 8.64. The van der Waals surface area contributed by atoms with E-state index in [0.717, 1.165) is 16.8 Å². The van der Waals surface area contributed by atoms with Crippen LogP contribution in [0.1, 0.15) is 21.5 Å². The second kappa shape index (κ2) is 6.74. The van der Waals surface area contributed by atoms with E-state index in [-0.39, 0.29) is 5.91 Å². The standard InChI is InChI=1S/C18H18N2O/c1-14-15(9-7-13-19)8-6-12-17(14)18(21)20(2)16-10-4-3-5-11-16/h3-6,8,10-12H,13,19H2,1-2H3. The summed E-state index contributed by atoms with van der Waals surface area (Å²) in [7, 11) is 1.77. The van der Waals surface area contributed by atoms with E-state index in [2.05, 4.69) is 11.8 Å². The third-order valence-corrected chi connectivity index (χ3v) is 3.34. The first-order valence-electron chi connectivity index (χ1n) is 6.77. The molecule has 0 aliphatic heterocycles. The van der Waals surface area contributed by atoms with Crippen LogP contribution in [0.25, 0.3) is 0 Å². The van der Waals surface area contributed by atoms with Gasteiger partial charge in [-0.1, -0.05) is 36.1 Å². The molecule has 2 rings (SSSR count). The number of nitrogens with two attached hydrogens (primary N) is 1. The molecule has 0 radical (unpaired) electrons. The molecule has 2 aromatic rings. The highest BCUT2D eigenvalue weighted by molar-refractivity contribution is 6.07. The van der Waals surface area contributed by atoms with Crippen molar-refractivity contribution in [1.29, 1.82) is 0 Å². The number of hydrogen-bond acceptors (Lipinski definition) is 2. The third-order valence-electron chi connectivity index (χ3n) is 3.34. The number of benzene rings is 2. The molecule has 0 atom stereocenters. The fourth-order valence-electron chi connectivity index (χ4n) is 2.10. The van der Waals surface area contributed by atoms with Crippen LogP contribution in [0.15, 0.2) is 48.5 Å². The molecule has 0 aromatic heterocycles. The van der Waals surface area contributed by atoms with Gasteiger partial charge < -0.3 is 10.6 Å². The summed E-state index contributed by atoms with van der Waals surface area (Å²) in [5.74, 6) is 5.78. The van der Waals surface area contributed by atoms with Crippen molar-refractivity contribution in [3.05, 3.63) is 65.2 Å². The Balaban J connectivity index is 2.36. The van der Waals surface area contributed by atoms with Crippen molar-refractivity contribution in [3.63, 3.8) is 0 Å². The lowest BCUT2D eigenvalue weighted by Gasteiger charge is -2.18. The van der Waals surface area contributed by atoms with Crippen LogP contribution < -0.4 is 10.6 Å². The van der Waals surface area contributed by atoms with Gasteiger partial charge in [0.15, 0.2) is 0 Å². The summed E-state index contributed by atoms with van der Waals surface area (Å²) in [6.07, 6.45) is 0. The van der Waals surface area contributed by atoms with Gasteiger partial charge >= 0.3 is 0 Å². The summed E-state index contributed by atoms with van der Waals surface area (Å²) in [6.45, 7) is 2.22. The molecule has 2 N–H and O–H groups in total. The Morgan fingerprint density at radius 1 is 1.14 bits per heavy atom. The van der Waals surface area contributed by atoms with E-state index >= 15 is 0 Å². The van der Waals surface area contributed by atoms with E-state index in [4.69, 9.17) is 5.73 Å². The molecule has 0 aliphatic carbocycles. The molecule has 3 heteroatoms. The van der Waals surface area contributed by atoms with Crippen molar-refractivity contribution in [1.82, 2.24) is 0 Å². The van der Waals surface area contributed by atoms with Gasteiger partial charge in [0.2, 0.25) is 0 Å². The number of para-hydroxylation sites is 1.